The number of alkyl halides is 3. The van der Waals surface area contributed by atoms with Gasteiger partial charge in [-0.15, -0.1) is 0 Å². The Balaban J connectivity index is 1.85. The van der Waals surface area contributed by atoms with E-state index in [1.165, 1.54) is 12.1 Å². The van der Waals surface area contributed by atoms with Crippen LogP contribution in [0.15, 0.2) is 84.9 Å². The summed E-state index contributed by atoms with van der Waals surface area (Å²) in [6.07, 6.45) is -4.53. The lowest BCUT2D eigenvalue weighted by atomic mass is 10.0. The van der Waals surface area contributed by atoms with Crippen LogP contribution in [0.25, 0.3) is 0 Å². The molecule has 7 heteroatoms. The predicted octanol–water partition coefficient (Wildman–Crippen LogP) is 4.82. The number of anilines is 1. The van der Waals surface area contributed by atoms with E-state index < -0.39 is 29.6 Å². The largest absolute Gasteiger partial charge is 0.416 e. The quantitative estimate of drug-likeness (QED) is 0.648. The molecule has 1 unspecified atom stereocenters. The number of hydrogen-bond donors (Lipinski definition) is 2. The first-order valence-corrected chi connectivity index (χ1v) is 8.73. The van der Waals surface area contributed by atoms with E-state index >= 15 is 0 Å². The topological polar surface area (TPSA) is 58.2 Å². The van der Waals surface area contributed by atoms with E-state index in [2.05, 4.69) is 10.6 Å². The highest BCUT2D eigenvalue weighted by Gasteiger charge is 2.31. The zero-order chi connectivity index (χ0) is 20.9. The molecule has 0 aliphatic heterocycles. The van der Waals surface area contributed by atoms with Gasteiger partial charge in [0.15, 0.2) is 0 Å². The standard InChI is InChI=1S/C22H17F3N2O2/c23-22(24,25)17-12-7-13-18(14-17)26-21(29)19(15-8-3-1-4-9-15)27-20(28)16-10-5-2-6-11-16/h1-14,19H,(H,26,29)(H,27,28). The minimum absolute atomic E-state index is 0.0142. The highest BCUT2D eigenvalue weighted by molar-refractivity contribution is 6.01. The second-order valence-electron chi connectivity index (χ2n) is 6.25. The van der Waals surface area contributed by atoms with Crippen molar-refractivity contribution in [2.75, 3.05) is 5.32 Å². The molecular weight excluding hydrogens is 381 g/mol. The van der Waals surface area contributed by atoms with Crippen LogP contribution in [0.5, 0.6) is 0 Å². The number of halogens is 3. The van der Waals surface area contributed by atoms with Crippen LogP contribution in [0.1, 0.15) is 27.5 Å². The molecule has 3 aromatic rings. The molecule has 0 aromatic heterocycles. The van der Waals surface area contributed by atoms with Crippen LogP contribution in [-0.2, 0) is 11.0 Å². The molecule has 148 valence electrons. The van der Waals surface area contributed by atoms with Gasteiger partial charge in [-0.2, -0.15) is 13.2 Å². The number of carbonyl (C=O) groups is 2. The number of hydrogen-bond acceptors (Lipinski definition) is 2. The van der Waals surface area contributed by atoms with Crippen molar-refractivity contribution >= 4 is 17.5 Å². The van der Waals surface area contributed by atoms with Gasteiger partial charge in [0.2, 0.25) is 0 Å². The van der Waals surface area contributed by atoms with Gasteiger partial charge in [-0.05, 0) is 35.9 Å². The van der Waals surface area contributed by atoms with Crippen molar-refractivity contribution in [2.24, 2.45) is 0 Å². The SMILES string of the molecule is O=C(NC(C(=O)Nc1cccc(C(F)(F)F)c1)c1ccccc1)c1ccccc1. The smallest absolute Gasteiger partial charge is 0.336 e. The predicted molar refractivity (Wildman–Crippen MR) is 103 cm³/mol. The summed E-state index contributed by atoms with van der Waals surface area (Å²) in [7, 11) is 0. The van der Waals surface area contributed by atoms with Gasteiger partial charge in [0.1, 0.15) is 6.04 Å². The van der Waals surface area contributed by atoms with Gasteiger partial charge in [-0.25, -0.2) is 0 Å². The third-order valence-corrected chi connectivity index (χ3v) is 4.16. The summed E-state index contributed by atoms with van der Waals surface area (Å²) in [4.78, 5) is 25.4. The zero-order valence-corrected chi connectivity index (χ0v) is 15.1. The minimum Gasteiger partial charge on any atom is -0.336 e. The molecule has 0 saturated carbocycles. The number of amides is 2. The van der Waals surface area contributed by atoms with Crippen LogP contribution in [0.3, 0.4) is 0 Å². The summed E-state index contributed by atoms with van der Waals surface area (Å²) in [6, 6.07) is 20.0. The molecule has 0 spiro atoms. The molecule has 3 aromatic carbocycles. The average molecular weight is 398 g/mol. The van der Waals surface area contributed by atoms with Gasteiger partial charge in [-0.3, -0.25) is 9.59 Å². The first-order valence-electron chi connectivity index (χ1n) is 8.73. The molecule has 2 N–H and O–H groups in total. The first-order chi connectivity index (χ1) is 13.8. The summed E-state index contributed by atoms with van der Waals surface area (Å²) in [5.74, 6) is -1.13. The Morgan fingerprint density at radius 2 is 1.41 bits per heavy atom. The molecule has 0 heterocycles. The second kappa shape index (κ2) is 8.60. The highest BCUT2D eigenvalue weighted by Crippen LogP contribution is 2.31. The van der Waals surface area contributed by atoms with Crippen LogP contribution in [-0.4, -0.2) is 11.8 Å². The van der Waals surface area contributed by atoms with Crippen molar-refractivity contribution in [1.82, 2.24) is 5.32 Å². The van der Waals surface area contributed by atoms with Crippen LogP contribution in [0.2, 0.25) is 0 Å². The second-order valence-corrected chi connectivity index (χ2v) is 6.25. The van der Waals surface area contributed by atoms with Crippen LogP contribution in [0.4, 0.5) is 18.9 Å². The Morgan fingerprint density at radius 1 is 0.793 bits per heavy atom. The van der Waals surface area contributed by atoms with Gasteiger partial charge in [0.05, 0.1) is 5.56 Å². The van der Waals surface area contributed by atoms with E-state index in [0.29, 0.717) is 11.1 Å². The summed E-state index contributed by atoms with van der Waals surface area (Å²) < 4.78 is 38.8. The molecule has 0 aliphatic carbocycles. The van der Waals surface area contributed by atoms with Crippen LogP contribution >= 0.6 is 0 Å². The van der Waals surface area contributed by atoms with Crippen molar-refractivity contribution in [3.63, 3.8) is 0 Å². The third-order valence-electron chi connectivity index (χ3n) is 4.16. The summed E-state index contributed by atoms with van der Waals surface area (Å²) in [6.45, 7) is 0. The summed E-state index contributed by atoms with van der Waals surface area (Å²) in [5.41, 5.74) is -0.0267. The lowest BCUT2D eigenvalue weighted by Crippen LogP contribution is -2.37. The van der Waals surface area contributed by atoms with Crippen molar-refractivity contribution in [3.05, 3.63) is 102 Å². The molecule has 1 atom stereocenters. The van der Waals surface area contributed by atoms with E-state index in [9.17, 15) is 22.8 Å². The molecule has 0 saturated heterocycles. The fourth-order valence-electron chi connectivity index (χ4n) is 2.74. The van der Waals surface area contributed by atoms with Crippen molar-refractivity contribution in [2.45, 2.75) is 12.2 Å². The molecule has 2 amide bonds. The van der Waals surface area contributed by atoms with E-state index in [0.717, 1.165) is 12.1 Å². The van der Waals surface area contributed by atoms with Gasteiger partial charge < -0.3 is 10.6 Å². The fraction of sp³-hybridized carbons (Fsp3) is 0.0909. The maximum atomic E-state index is 12.9. The molecular formula is C22H17F3N2O2. The van der Waals surface area contributed by atoms with Crippen molar-refractivity contribution < 1.29 is 22.8 Å². The Kier molecular flexibility index (Phi) is 5.97. The van der Waals surface area contributed by atoms with Gasteiger partial charge in [-0.1, -0.05) is 54.6 Å². The third kappa shape index (κ3) is 5.22. The average Bonchev–Trinajstić information content (AvgIpc) is 2.72. The zero-order valence-electron chi connectivity index (χ0n) is 15.1. The highest BCUT2D eigenvalue weighted by atomic mass is 19.4. The Labute approximate surface area is 165 Å². The number of rotatable bonds is 5. The van der Waals surface area contributed by atoms with Crippen molar-refractivity contribution in [3.8, 4) is 0 Å². The summed E-state index contributed by atoms with van der Waals surface area (Å²) in [5, 5.41) is 5.10. The molecule has 0 radical (unpaired) electrons. The first kappa shape index (κ1) is 20.1. The lowest BCUT2D eigenvalue weighted by Gasteiger charge is -2.19. The van der Waals surface area contributed by atoms with Gasteiger partial charge in [0, 0.05) is 11.3 Å². The lowest BCUT2D eigenvalue weighted by molar-refractivity contribution is -0.137. The molecule has 3 rings (SSSR count). The van der Waals surface area contributed by atoms with Crippen LogP contribution < -0.4 is 10.6 Å². The Hall–Kier alpha value is -3.61. The molecule has 0 fully saturated rings. The van der Waals surface area contributed by atoms with E-state index in [-0.39, 0.29) is 5.69 Å². The molecule has 29 heavy (non-hydrogen) atoms. The summed E-state index contributed by atoms with van der Waals surface area (Å²) >= 11 is 0. The number of benzene rings is 3. The van der Waals surface area contributed by atoms with E-state index in [1.807, 2.05) is 0 Å². The van der Waals surface area contributed by atoms with Crippen molar-refractivity contribution in [1.29, 1.82) is 0 Å². The van der Waals surface area contributed by atoms with Gasteiger partial charge >= 0.3 is 6.18 Å². The fourth-order valence-corrected chi connectivity index (χ4v) is 2.74. The molecule has 0 bridgehead atoms. The maximum Gasteiger partial charge on any atom is 0.416 e. The monoisotopic (exact) mass is 398 g/mol. The maximum absolute atomic E-state index is 12.9. The van der Waals surface area contributed by atoms with Gasteiger partial charge in [0.25, 0.3) is 11.8 Å². The number of carbonyl (C=O) groups excluding carboxylic acids is 2. The Morgan fingerprint density at radius 3 is 2.03 bits per heavy atom. The van der Waals surface area contributed by atoms with E-state index in [1.54, 1.807) is 60.7 Å². The van der Waals surface area contributed by atoms with Crippen LogP contribution in [0, 0.1) is 0 Å². The van der Waals surface area contributed by atoms with E-state index in [4.69, 9.17) is 0 Å². The normalized spacial score (nSPS) is 12.1. The molecule has 4 nitrogen and oxygen atoms in total. The minimum atomic E-state index is -4.53. The molecule has 0 aliphatic rings. The Bertz CT molecular complexity index is 990. The number of nitrogens with one attached hydrogen (secondary N) is 2.